The molecule has 0 aliphatic rings. The van der Waals surface area contributed by atoms with E-state index in [-0.39, 0.29) is 0 Å². The number of halogens is 1. The Bertz CT molecular complexity index is 861. The summed E-state index contributed by atoms with van der Waals surface area (Å²) in [7, 11) is 0. The molecule has 1 aromatic carbocycles. The Kier molecular flexibility index (Phi) is 4.81. The van der Waals surface area contributed by atoms with Crippen molar-refractivity contribution in [3.05, 3.63) is 59.0 Å². The number of nitrogens with zero attached hydrogens (tertiary/aromatic N) is 3. The van der Waals surface area contributed by atoms with Crippen LogP contribution in [0.1, 0.15) is 30.8 Å². The van der Waals surface area contributed by atoms with Gasteiger partial charge in [-0.1, -0.05) is 48.9 Å². The predicted molar refractivity (Wildman–Crippen MR) is 93.4 cm³/mol. The Balaban J connectivity index is 2.03. The summed E-state index contributed by atoms with van der Waals surface area (Å²) in [5.74, 6) is -0.160. The van der Waals surface area contributed by atoms with Gasteiger partial charge in [0.1, 0.15) is 17.4 Å². The van der Waals surface area contributed by atoms with Gasteiger partial charge in [0.2, 0.25) is 0 Å². The molecule has 1 N–H and O–H groups in total. The highest BCUT2D eigenvalue weighted by atomic mass is 35.5. The lowest BCUT2D eigenvalue weighted by Gasteiger charge is -2.15. The molecule has 5 nitrogen and oxygen atoms in total. The lowest BCUT2D eigenvalue weighted by molar-refractivity contribution is -0.141. The van der Waals surface area contributed by atoms with Crippen LogP contribution in [0.3, 0.4) is 0 Å². The van der Waals surface area contributed by atoms with E-state index in [1.54, 1.807) is 10.6 Å². The molecule has 0 bridgehead atoms. The maximum absolute atomic E-state index is 11.7. The van der Waals surface area contributed by atoms with Crippen molar-refractivity contribution in [2.45, 2.75) is 32.2 Å². The number of imidazole rings is 1. The van der Waals surface area contributed by atoms with Crippen molar-refractivity contribution in [1.29, 1.82) is 0 Å². The summed E-state index contributed by atoms with van der Waals surface area (Å²) >= 11 is 6.00. The summed E-state index contributed by atoms with van der Waals surface area (Å²) < 4.78 is 1.73. The van der Waals surface area contributed by atoms with Crippen LogP contribution in [0.4, 0.5) is 0 Å². The molecule has 0 aliphatic heterocycles. The summed E-state index contributed by atoms with van der Waals surface area (Å²) in [5, 5.41) is 10.1. The number of fused-ring (bicyclic) bond motifs is 1. The van der Waals surface area contributed by atoms with E-state index in [1.807, 2.05) is 25.1 Å². The number of hydrogen-bond donors (Lipinski definition) is 1. The van der Waals surface area contributed by atoms with Crippen molar-refractivity contribution in [2.24, 2.45) is 0 Å². The summed E-state index contributed by atoms with van der Waals surface area (Å²) in [5.41, 5.74) is 2.38. The SMILES string of the molecule is CCC(C(=O)O)n1c(CCc2ccccc2)nc2cc(Cl)cnc21. The zero-order valence-electron chi connectivity index (χ0n) is 13.3. The second-order valence-corrected chi connectivity index (χ2v) is 6.08. The van der Waals surface area contributed by atoms with Gasteiger partial charge >= 0.3 is 5.97 Å². The van der Waals surface area contributed by atoms with E-state index in [0.29, 0.717) is 29.0 Å². The first-order valence-electron chi connectivity index (χ1n) is 7.89. The number of carbonyl (C=O) groups is 1. The van der Waals surface area contributed by atoms with Gasteiger partial charge in [0.15, 0.2) is 5.65 Å². The van der Waals surface area contributed by atoms with E-state index in [0.717, 1.165) is 12.2 Å². The Morgan fingerprint density at radius 3 is 2.71 bits per heavy atom. The van der Waals surface area contributed by atoms with Gasteiger partial charge in [0.05, 0.1) is 5.02 Å². The summed E-state index contributed by atoms with van der Waals surface area (Å²) in [6, 6.07) is 11.1. The van der Waals surface area contributed by atoms with Crippen molar-refractivity contribution >= 4 is 28.7 Å². The first-order chi connectivity index (χ1) is 11.6. The van der Waals surface area contributed by atoms with Crippen LogP contribution in [0.2, 0.25) is 5.02 Å². The molecule has 24 heavy (non-hydrogen) atoms. The first kappa shape index (κ1) is 16.5. The second-order valence-electron chi connectivity index (χ2n) is 5.64. The molecule has 0 fully saturated rings. The average Bonchev–Trinajstić information content (AvgIpc) is 2.92. The number of aliphatic carboxylic acids is 1. The minimum Gasteiger partial charge on any atom is -0.480 e. The van der Waals surface area contributed by atoms with Gasteiger partial charge in [-0.25, -0.2) is 14.8 Å². The van der Waals surface area contributed by atoms with Crippen molar-refractivity contribution in [1.82, 2.24) is 14.5 Å². The smallest absolute Gasteiger partial charge is 0.326 e. The Hall–Kier alpha value is -2.40. The molecule has 6 heteroatoms. The third kappa shape index (κ3) is 3.26. The maximum Gasteiger partial charge on any atom is 0.326 e. The summed E-state index contributed by atoms with van der Waals surface area (Å²) in [4.78, 5) is 20.6. The second kappa shape index (κ2) is 7.01. The molecule has 3 aromatic rings. The quantitative estimate of drug-likeness (QED) is 0.737. The molecular weight excluding hydrogens is 326 g/mol. The highest BCUT2D eigenvalue weighted by Crippen LogP contribution is 2.25. The Morgan fingerprint density at radius 2 is 2.04 bits per heavy atom. The number of carboxylic acid groups (broad SMARTS) is 1. The van der Waals surface area contributed by atoms with Crippen LogP contribution in [-0.2, 0) is 17.6 Å². The fraction of sp³-hybridized carbons (Fsp3) is 0.278. The molecule has 2 aromatic heterocycles. The summed E-state index contributed by atoms with van der Waals surface area (Å²) in [6.07, 6.45) is 3.41. The highest BCUT2D eigenvalue weighted by molar-refractivity contribution is 6.31. The summed E-state index contributed by atoms with van der Waals surface area (Å²) in [6.45, 7) is 1.85. The molecule has 124 valence electrons. The van der Waals surface area contributed by atoms with Crippen molar-refractivity contribution in [3.63, 3.8) is 0 Å². The largest absolute Gasteiger partial charge is 0.480 e. The fourth-order valence-electron chi connectivity index (χ4n) is 2.88. The molecule has 0 saturated carbocycles. The molecule has 0 radical (unpaired) electrons. The minimum absolute atomic E-state index is 0.462. The van der Waals surface area contributed by atoms with Crippen LogP contribution in [-0.4, -0.2) is 25.6 Å². The fourth-order valence-corrected chi connectivity index (χ4v) is 3.03. The number of pyridine rings is 1. The number of aromatic nitrogens is 3. The van der Waals surface area contributed by atoms with Gasteiger partial charge in [-0.15, -0.1) is 0 Å². The van der Waals surface area contributed by atoms with Crippen LogP contribution >= 0.6 is 11.6 Å². The molecule has 0 amide bonds. The molecule has 1 atom stereocenters. The number of rotatable bonds is 6. The lowest BCUT2D eigenvalue weighted by atomic mass is 10.1. The third-order valence-electron chi connectivity index (χ3n) is 4.03. The number of benzene rings is 1. The van der Waals surface area contributed by atoms with Crippen molar-refractivity contribution in [2.75, 3.05) is 0 Å². The van der Waals surface area contributed by atoms with E-state index in [4.69, 9.17) is 11.6 Å². The molecule has 0 aliphatic carbocycles. The van der Waals surface area contributed by atoms with E-state index < -0.39 is 12.0 Å². The normalized spacial score (nSPS) is 12.4. The predicted octanol–water partition coefficient (Wildman–Crippen LogP) is 3.91. The zero-order valence-corrected chi connectivity index (χ0v) is 14.1. The highest BCUT2D eigenvalue weighted by Gasteiger charge is 2.24. The van der Waals surface area contributed by atoms with Gasteiger partial charge < -0.3 is 5.11 Å². The van der Waals surface area contributed by atoms with E-state index in [2.05, 4.69) is 22.1 Å². The topological polar surface area (TPSA) is 68.0 Å². The van der Waals surface area contributed by atoms with E-state index >= 15 is 0 Å². The lowest BCUT2D eigenvalue weighted by Crippen LogP contribution is -2.21. The average molecular weight is 344 g/mol. The maximum atomic E-state index is 11.7. The monoisotopic (exact) mass is 343 g/mol. The van der Waals surface area contributed by atoms with Gasteiger partial charge in [0, 0.05) is 12.6 Å². The van der Waals surface area contributed by atoms with Crippen LogP contribution in [0, 0.1) is 0 Å². The Labute approximate surface area is 144 Å². The van der Waals surface area contributed by atoms with E-state index in [1.165, 1.54) is 11.8 Å². The van der Waals surface area contributed by atoms with Crippen molar-refractivity contribution < 1.29 is 9.90 Å². The van der Waals surface area contributed by atoms with Gasteiger partial charge in [-0.3, -0.25) is 4.57 Å². The molecule has 2 heterocycles. The standard InChI is InChI=1S/C18H18ClN3O2/c1-2-15(18(23)24)22-16(9-8-12-6-4-3-5-7-12)21-14-10-13(19)11-20-17(14)22/h3-7,10-11,15H,2,8-9H2,1H3,(H,23,24). The van der Waals surface area contributed by atoms with Gasteiger partial charge in [-0.05, 0) is 24.5 Å². The van der Waals surface area contributed by atoms with E-state index in [9.17, 15) is 9.90 Å². The molecule has 0 saturated heterocycles. The Morgan fingerprint density at radius 1 is 1.29 bits per heavy atom. The molecule has 1 unspecified atom stereocenters. The molecule has 0 spiro atoms. The van der Waals surface area contributed by atoms with Crippen LogP contribution in [0.25, 0.3) is 11.2 Å². The number of hydrogen-bond acceptors (Lipinski definition) is 3. The minimum atomic E-state index is -0.880. The van der Waals surface area contributed by atoms with Gasteiger partial charge in [0.25, 0.3) is 0 Å². The van der Waals surface area contributed by atoms with Crippen LogP contribution < -0.4 is 0 Å². The number of carboxylic acids is 1. The van der Waals surface area contributed by atoms with Crippen LogP contribution in [0.15, 0.2) is 42.6 Å². The van der Waals surface area contributed by atoms with Crippen LogP contribution in [0.5, 0.6) is 0 Å². The molecular formula is C18H18ClN3O2. The van der Waals surface area contributed by atoms with Crippen molar-refractivity contribution in [3.8, 4) is 0 Å². The third-order valence-corrected chi connectivity index (χ3v) is 4.24. The molecule has 3 rings (SSSR count). The van der Waals surface area contributed by atoms with Gasteiger partial charge in [-0.2, -0.15) is 0 Å². The first-order valence-corrected chi connectivity index (χ1v) is 8.27. The zero-order chi connectivity index (χ0) is 17.1. The number of aryl methyl sites for hydroxylation is 2.